The summed E-state index contributed by atoms with van der Waals surface area (Å²) in [5.74, 6) is 3.96. The molecule has 0 nitrogen and oxygen atoms in total. The lowest BCUT2D eigenvalue weighted by Crippen LogP contribution is -2.25. The molecule has 0 amide bonds. The summed E-state index contributed by atoms with van der Waals surface area (Å²) < 4.78 is 0. The van der Waals surface area contributed by atoms with Gasteiger partial charge in [0.1, 0.15) is 0 Å². The fourth-order valence-electron chi connectivity index (χ4n) is 5.69. The minimum absolute atomic E-state index is 0.312. The van der Waals surface area contributed by atoms with Crippen molar-refractivity contribution >= 4 is 0 Å². The molecule has 26 heavy (non-hydrogen) atoms. The Balaban J connectivity index is 1.49. The monoisotopic (exact) mass is 354 g/mol. The quantitative estimate of drug-likeness (QED) is 0.482. The highest BCUT2D eigenvalue weighted by Crippen LogP contribution is 2.44. The Hall–Kier alpha value is -0.780. The first-order chi connectivity index (χ1) is 12.5. The number of rotatable bonds is 6. The second-order valence-electron chi connectivity index (χ2n) is 10.0. The maximum absolute atomic E-state index is 2.44. The third kappa shape index (κ3) is 4.73. The molecule has 1 aromatic carbocycles. The largest absolute Gasteiger partial charge is 0.0654 e. The lowest BCUT2D eigenvalue weighted by molar-refractivity contribution is 0.156. The van der Waals surface area contributed by atoms with E-state index >= 15 is 0 Å². The molecule has 2 aliphatic rings. The topological polar surface area (TPSA) is 0 Å². The van der Waals surface area contributed by atoms with Gasteiger partial charge >= 0.3 is 0 Å². The molecule has 0 aliphatic heterocycles. The highest BCUT2D eigenvalue weighted by Gasteiger charge is 2.31. The molecule has 0 heteroatoms. The summed E-state index contributed by atoms with van der Waals surface area (Å²) >= 11 is 0. The fourth-order valence-corrected chi connectivity index (χ4v) is 5.69. The van der Waals surface area contributed by atoms with Gasteiger partial charge in [0.05, 0.1) is 0 Å². The number of hydrogen-bond acceptors (Lipinski definition) is 0. The Morgan fingerprint density at radius 1 is 0.769 bits per heavy atom. The van der Waals surface area contributed by atoms with Crippen molar-refractivity contribution in [2.24, 2.45) is 17.8 Å². The van der Waals surface area contributed by atoms with Crippen LogP contribution in [-0.4, -0.2) is 0 Å². The van der Waals surface area contributed by atoms with Gasteiger partial charge < -0.3 is 0 Å². The van der Waals surface area contributed by atoms with Gasteiger partial charge in [0.25, 0.3) is 0 Å². The zero-order valence-electron chi connectivity index (χ0n) is 17.9. The molecule has 0 aromatic heterocycles. The molecular weight excluding hydrogens is 312 g/mol. The summed E-state index contributed by atoms with van der Waals surface area (Å²) in [5.41, 5.74) is 3.42. The second-order valence-corrected chi connectivity index (χ2v) is 10.0. The van der Waals surface area contributed by atoms with Crippen LogP contribution in [-0.2, 0) is 5.41 Å². The van der Waals surface area contributed by atoms with Gasteiger partial charge in [-0.05, 0) is 85.2 Å². The van der Waals surface area contributed by atoms with Gasteiger partial charge in [-0.25, -0.2) is 0 Å². The smallest absolute Gasteiger partial charge is 0.0106 e. The molecule has 0 heterocycles. The summed E-state index contributed by atoms with van der Waals surface area (Å²) in [6, 6.07) is 9.68. The molecule has 0 unspecified atom stereocenters. The fraction of sp³-hybridized carbons (Fsp3) is 0.769. The van der Waals surface area contributed by atoms with E-state index in [0.717, 1.165) is 23.7 Å². The summed E-state index contributed by atoms with van der Waals surface area (Å²) in [5, 5.41) is 0. The van der Waals surface area contributed by atoms with Gasteiger partial charge in [0.15, 0.2) is 0 Å². The van der Waals surface area contributed by atoms with Gasteiger partial charge in [-0.15, -0.1) is 0 Å². The molecule has 0 radical (unpaired) electrons. The van der Waals surface area contributed by atoms with Crippen molar-refractivity contribution in [2.45, 2.75) is 110 Å². The molecule has 1 aromatic rings. The van der Waals surface area contributed by atoms with E-state index in [1.807, 2.05) is 0 Å². The van der Waals surface area contributed by atoms with Gasteiger partial charge in [0, 0.05) is 0 Å². The number of hydrogen-bond donors (Lipinski definition) is 0. The van der Waals surface area contributed by atoms with Gasteiger partial charge in [-0.2, -0.15) is 0 Å². The average molecular weight is 355 g/mol. The molecule has 0 bridgehead atoms. The lowest BCUT2D eigenvalue weighted by Gasteiger charge is -2.38. The second kappa shape index (κ2) is 8.94. The summed E-state index contributed by atoms with van der Waals surface area (Å²) in [6.07, 6.45) is 16.0. The van der Waals surface area contributed by atoms with E-state index in [9.17, 15) is 0 Å². The van der Waals surface area contributed by atoms with Gasteiger partial charge in [-0.3, -0.25) is 0 Å². The average Bonchev–Trinajstić information content (AvgIpc) is 2.69. The third-order valence-electron chi connectivity index (χ3n) is 8.07. The molecule has 0 spiro atoms. The Kier molecular flexibility index (Phi) is 6.87. The summed E-state index contributed by atoms with van der Waals surface area (Å²) in [4.78, 5) is 0. The van der Waals surface area contributed by atoms with E-state index in [2.05, 4.69) is 52.0 Å². The van der Waals surface area contributed by atoms with Crippen LogP contribution < -0.4 is 0 Å². The highest BCUT2D eigenvalue weighted by atomic mass is 14.4. The predicted octanol–water partition coefficient (Wildman–Crippen LogP) is 8.25. The van der Waals surface area contributed by atoms with E-state index in [1.165, 1.54) is 76.2 Å². The minimum atomic E-state index is 0.312. The van der Waals surface area contributed by atoms with Crippen molar-refractivity contribution in [3.8, 4) is 0 Å². The standard InChI is InChI=1S/C26H42/c1-5-7-20-8-10-21(11-9-20)22-12-14-23(15-13-22)24-16-18-25(19-17-24)26(3,4)6-2/h16-23H,5-15H2,1-4H3. The zero-order chi connectivity index (χ0) is 18.6. The Labute approximate surface area is 163 Å². The molecule has 3 rings (SSSR count). The molecule has 146 valence electrons. The van der Waals surface area contributed by atoms with Crippen molar-refractivity contribution in [2.75, 3.05) is 0 Å². The van der Waals surface area contributed by atoms with Crippen LogP contribution in [0.1, 0.15) is 115 Å². The van der Waals surface area contributed by atoms with Gasteiger partial charge in [-0.1, -0.05) is 77.6 Å². The number of benzene rings is 1. The molecule has 2 saturated carbocycles. The highest BCUT2D eigenvalue weighted by molar-refractivity contribution is 5.30. The van der Waals surface area contributed by atoms with Crippen LogP contribution in [0.5, 0.6) is 0 Å². The molecule has 2 fully saturated rings. The van der Waals surface area contributed by atoms with Crippen LogP contribution in [0, 0.1) is 17.8 Å². The molecule has 0 saturated heterocycles. The molecule has 0 atom stereocenters. The molecule has 0 N–H and O–H groups in total. The van der Waals surface area contributed by atoms with E-state index in [4.69, 9.17) is 0 Å². The third-order valence-corrected chi connectivity index (χ3v) is 8.07. The molecule has 2 aliphatic carbocycles. The van der Waals surface area contributed by atoms with Crippen LogP contribution in [0.3, 0.4) is 0 Å². The van der Waals surface area contributed by atoms with Crippen LogP contribution in [0.2, 0.25) is 0 Å². The lowest BCUT2D eigenvalue weighted by atomic mass is 9.68. The van der Waals surface area contributed by atoms with E-state index in [1.54, 1.807) is 5.56 Å². The van der Waals surface area contributed by atoms with Crippen molar-refractivity contribution in [1.82, 2.24) is 0 Å². The Bertz CT molecular complexity index is 522. The predicted molar refractivity (Wildman–Crippen MR) is 115 cm³/mol. The van der Waals surface area contributed by atoms with Crippen molar-refractivity contribution < 1.29 is 0 Å². The van der Waals surface area contributed by atoms with Crippen LogP contribution in [0.25, 0.3) is 0 Å². The first-order valence-corrected chi connectivity index (χ1v) is 11.6. The Morgan fingerprint density at radius 2 is 1.31 bits per heavy atom. The Morgan fingerprint density at radius 3 is 1.81 bits per heavy atom. The van der Waals surface area contributed by atoms with Crippen LogP contribution in [0.4, 0.5) is 0 Å². The van der Waals surface area contributed by atoms with Crippen molar-refractivity contribution in [1.29, 1.82) is 0 Å². The van der Waals surface area contributed by atoms with Crippen molar-refractivity contribution in [3.05, 3.63) is 35.4 Å². The first kappa shape index (κ1) is 20.0. The maximum Gasteiger partial charge on any atom is -0.0106 e. The maximum atomic E-state index is 2.44. The van der Waals surface area contributed by atoms with Gasteiger partial charge in [0.2, 0.25) is 0 Å². The first-order valence-electron chi connectivity index (χ1n) is 11.6. The normalized spacial score (nSPS) is 30.3. The molecular formula is C26H42. The van der Waals surface area contributed by atoms with Crippen LogP contribution >= 0.6 is 0 Å². The summed E-state index contributed by atoms with van der Waals surface area (Å²) in [6.45, 7) is 9.37. The van der Waals surface area contributed by atoms with E-state index < -0.39 is 0 Å². The minimum Gasteiger partial charge on any atom is -0.0654 e. The van der Waals surface area contributed by atoms with E-state index in [0.29, 0.717) is 5.41 Å². The van der Waals surface area contributed by atoms with Crippen molar-refractivity contribution in [3.63, 3.8) is 0 Å². The SMILES string of the molecule is CCCC1CCC(C2CCC(c3ccc(C(C)(C)CC)cc3)CC2)CC1. The van der Waals surface area contributed by atoms with E-state index in [-0.39, 0.29) is 0 Å². The van der Waals surface area contributed by atoms with Crippen LogP contribution in [0.15, 0.2) is 24.3 Å². The zero-order valence-corrected chi connectivity index (χ0v) is 17.9. The summed E-state index contributed by atoms with van der Waals surface area (Å²) in [7, 11) is 0.